The maximum Gasteiger partial charge on any atom is 0.294 e. The Morgan fingerprint density at radius 2 is 1.32 bits per heavy atom. The van der Waals surface area contributed by atoms with E-state index in [1.165, 1.54) is 75.7 Å². The Kier molecular flexibility index (Phi) is 27.9. The highest BCUT2D eigenvalue weighted by Crippen LogP contribution is 2.51. The Balaban J connectivity index is 0.505. The molecule has 9 aromatic rings. The van der Waals surface area contributed by atoms with Crippen LogP contribution in [0, 0.1) is 17.6 Å². The number of hydrogen-bond acceptors (Lipinski definition) is 21. The number of ether oxygens (including phenoxy) is 1. The number of rotatable bonds is 35. The predicted molar refractivity (Wildman–Crippen MR) is 510 cm³/mol. The third kappa shape index (κ3) is 20.7. The van der Waals surface area contributed by atoms with Crippen molar-refractivity contribution in [1.29, 1.82) is 0 Å². The van der Waals surface area contributed by atoms with Gasteiger partial charge in [-0.3, -0.25) is 37.4 Å². The number of ketones is 2. The third-order valence-electron chi connectivity index (χ3n) is 26.3. The van der Waals surface area contributed by atoms with E-state index in [0.29, 0.717) is 137 Å². The minimum atomic E-state index is -4.52. The average Bonchev–Trinajstić information content (AvgIpc) is 1.73. The molecule has 7 aliphatic rings. The molecule has 0 radical (unpaired) electrons. The van der Waals surface area contributed by atoms with Gasteiger partial charge >= 0.3 is 0 Å². The van der Waals surface area contributed by atoms with E-state index in [0.717, 1.165) is 51.9 Å². The molecule has 1 fully saturated rings. The molecule has 31 nitrogen and oxygen atoms in total. The van der Waals surface area contributed by atoms with Gasteiger partial charge in [0.15, 0.2) is 35.4 Å². The van der Waals surface area contributed by atoms with Crippen LogP contribution in [0.2, 0.25) is 0 Å². The number of nitrogens with two attached hydrogens (primary N) is 1. The number of fused-ring (bicyclic) bond motifs is 6. The first-order valence-corrected chi connectivity index (χ1v) is 52.1. The molecule has 38 heteroatoms. The molecule has 1 atom stereocenters. The number of benzene rings is 9. The van der Waals surface area contributed by atoms with Crippen molar-refractivity contribution < 1.29 is 102 Å². The number of allylic oxidation sites excluding steroid dienone is 6. The standard InChI is InChI=1S/C99H101F2N11O20S5/c1-98(2)78-57-73(136(125,126)127)32-38-85(78)107(5)92(98)25-8-6-9-26-93-99(3,4)79-58-74(137(128,129)130)33-39-86(79)111(93)45-15-7-10-27-94(115)103-59-67-60-112(106-105-67)70-20-17-19-66(52-70)97(116)104-82(22-13-14-44-102)88(114)61-131-96-80(100)50-62(51-81(96)101)18-16-23-87(113)63-40-46-108(47-41-63)133(117,118)91-24-12-11-21-77(91)95-75-34-28-68(109-48-42-64-53-71(134(119,120)121)30-36-83(64)109)55-89(75)132-90-56-69(29-35-76(90)95)110-49-43-65-54-72(135(122,123)124)31-37-84(65)110/h6,8-9,11-12,17,19-21,24-26,28-39,50-58,60,63,82H,7,10,13-16,18,22-23,27,40-49,59,61,102H2,1-5H3,(H4-2,103,104,115,116,119,120,121,122,123,124,125,126,127,128,129,130)/p+2. The number of piperidine rings is 1. The number of nitrogens with one attached hydrogen (secondary N) is 2. The smallest absolute Gasteiger partial charge is 0.294 e. The molecule has 137 heavy (non-hydrogen) atoms. The SMILES string of the molecule is C[N+]1=C(/C=C/C=C/C=C2\N(CCCCCC(=O)NCc3cn(-c4cccc(C(=O)NC(CCCCN)C(=O)COc5c(F)cc(CCCC(=O)C6CCN(S(=O)(=O)c7ccccc7-c7c8ccc(=[N+]9CCc%10cc(S(=O)(=O)O)ccc%109)cc-8oc8cc(N9CCc%10cc(S(=O)(=O)O)ccc%109)ccc78)CC6)cc5F)c4)nn3)c3ccc(S(=O)(=O)O)cc3C2(C)C)C(C)(C)c2cc(S(=O)(=O)O)ccc21. The van der Waals surface area contributed by atoms with E-state index in [1.807, 2.05) is 116 Å². The minimum absolute atomic E-state index is 0.000305. The lowest BCUT2D eigenvalue weighted by molar-refractivity contribution is -0.401. The molecule has 0 saturated carbocycles. The molecule has 8 N–H and O–H groups in total. The number of hydrogen-bond donors (Lipinski definition) is 7. The van der Waals surface area contributed by atoms with E-state index < -0.39 is 109 Å². The second kappa shape index (κ2) is 39.2. The molecule has 6 aliphatic heterocycles. The molecular weight excluding hydrogens is 1860 g/mol. The molecule has 7 heterocycles. The fourth-order valence-corrected chi connectivity index (χ4v) is 22.9. The highest BCUT2D eigenvalue weighted by molar-refractivity contribution is 7.89. The number of anilines is 3. The Labute approximate surface area is 792 Å². The summed E-state index contributed by atoms with van der Waals surface area (Å²) in [4.78, 5) is 58.3. The van der Waals surface area contributed by atoms with Crippen molar-refractivity contribution in [1.82, 2.24) is 34.5 Å². The lowest BCUT2D eigenvalue weighted by Gasteiger charge is -2.31. The van der Waals surface area contributed by atoms with E-state index >= 15 is 17.2 Å². The summed E-state index contributed by atoms with van der Waals surface area (Å²) in [5.74, 6) is -4.86. The van der Waals surface area contributed by atoms with Crippen LogP contribution >= 0.6 is 0 Å². The van der Waals surface area contributed by atoms with Crippen molar-refractivity contribution >= 4 is 119 Å². The highest BCUT2D eigenvalue weighted by atomic mass is 32.2. The van der Waals surface area contributed by atoms with Crippen molar-refractivity contribution in [2.75, 3.05) is 62.7 Å². The lowest BCUT2D eigenvalue weighted by Crippen LogP contribution is -2.43. The maximum atomic E-state index is 15.9. The van der Waals surface area contributed by atoms with Crippen LogP contribution < -0.4 is 40.8 Å². The van der Waals surface area contributed by atoms with Gasteiger partial charge in [0.1, 0.15) is 36.5 Å². The molecule has 1 saturated heterocycles. The van der Waals surface area contributed by atoms with Crippen molar-refractivity contribution in [3.05, 3.63) is 268 Å². The molecule has 8 aromatic carbocycles. The normalized spacial score (nSPS) is 16.6. The summed E-state index contributed by atoms with van der Waals surface area (Å²) in [6.07, 6.45) is 15.7. The quantitative estimate of drug-likeness (QED) is 0.00637. The predicted octanol–water partition coefficient (Wildman–Crippen LogP) is 13.9. The van der Waals surface area contributed by atoms with Gasteiger partial charge in [-0.2, -0.15) is 47.1 Å². The summed E-state index contributed by atoms with van der Waals surface area (Å²) in [5, 5.41) is 15.3. The van der Waals surface area contributed by atoms with Crippen LogP contribution in [0.25, 0.3) is 39.1 Å². The molecule has 0 spiro atoms. The zero-order chi connectivity index (χ0) is 97.6. The van der Waals surface area contributed by atoms with Gasteiger partial charge in [-0.25, -0.2) is 21.9 Å². The zero-order valence-electron chi connectivity index (χ0n) is 75.6. The number of aryl methyl sites for hydroxylation is 1. The second-order valence-corrected chi connectivity index (χ2v) is 43.5. The molecular formula is C99H103F2N11O20S5+2. The Morgan fingerprint density at radius 3 is 2.04 bits per heavy atom. The van der Waals surface area contributed by atoms with E-state index in [1.54, 1.807) is 60.8 Å². The fourth-order valence-electron chi connectivity index (χ4n) is 19.1. The van der Waals surface area contributed by atoms with Crippen LogP contribution in [-0.2, 0) is 102 Å². The topological polar surface area (TPSA) is 439 Å². The van der Waals surface area contributed by atoms with Gasteiger partial charge in [0, 0.05) is 149 Å². The summed E-state index contributed by atoms with van der Waals surface area (Å²) in [6.45, 7) is 8.81. The number of halogens is 2. The number of unbranched alkanes of at least 4 members (excludes halogenated alkanes) is 3. The minimum Gasteiger partial charge on any atom is -0.480 e. The first-order chi connectivity index (χ1) is 65.0. The Hall–Kier alpha value is -12.5. The summed E-state index contributed by atoms with van der Waals surface area (Å²) >= 11 is 0. The van der Waals surface area contributed by atoms with E-state index in [9.17, 15) is 71.1 Å². The largest absolute Gasteiger partial charge is 0.480 e. The van der Waals surface area contributed by atoms with Gasteiger partial charge in [-0.05, 0) is 223 Å². The van der Waals surface area contributed by atoms with Crippen molar-refractivity contribution in [2.45, 2.75) is 165 Å². The first kappa shape index (κ1) is 97.6. The number of aromatic nitrogens is 3. The van der Waals surface area contributed by atoms with Crippen LogP contribution in [0.1, 0.15) is 142 Å². The molecule has 1 unspecified atom stereocenters. The van der Waals surface area contributed by atoms with Gasteiger partial charge in [-0.1, -0.05) is 68.0 Å². The summed E-state index contributed by atoms with van der Waals surface area (Å²) in [5.41, 5.74) is 15.8. The summed E-state index contributed by atoms with van der Waals surface area (Å²) in [7, 11) is -20.3. The van der Waals surface area contributed by atoms with Crippen molar-refractivity contribution in [3.8, 4) is 33.9 Å². The Bertz CT molecular complexity index is 7490. The van der Waals surface area contributed by atoms with Crippen LogP contribution in [-0.4, -0.2) is 172 Å². The van der Waals surface area contributed by atoms with E-state index in [4.69, 9.17) is 14.9 Å². The number of nitrogens with zero attached hydrogens (tertiary/aromatic N) is 8. The zero-order valence-corrected chi connectivity index (χ0v) is 79.7. The fraction of sp³-hybridized carbons (Fsp3) is 0.313. The number of amides is 2. The molecule has 716 valence electrons. The van der Waals surface area contributed by atoms with E-state index in [-0.39, 0.29) is 118 Å². The molecule has 1 aliphatic carbocycles. The first-order valence-electron chi connectivity index (χ1n) is 44.9. The lowest BCUT2D eigenvalue weighted by atomic mass is 9.81. The van der Waals surface area contributed by atoms with Crippen LogP contribution in [0.3, 0.4) is 0 Å². The van der Waals surface area contributed by atoms with Gasteiger partial charge < -0.3 is 35.3 Å². The van der Waals surface area contributed by atoms with Gasteiger partial charge in [0.2, 0.25) is 32.7 Å². The number of sulfonamides is 1. The number of carbonyl (C=O) groups excluding carboxylic acids is 4. The summed E-state index contributed by atoms with van der Waals surface area (Å²) in [6, 6.07) is 42.8. The Morgan fingerprint density at radius 1 is 0.642 bits per heavy atom. The maximum absolute atomic E-state index is 15.9. The van der Waals surface area contributed by atoms with Crippen molar-refractivity contribution in [2.24, 2.45) is 11.7 Å². The molecule has 0 bridgehead atoms. The molecule has 2 amide bonds. The van der Waals surface area contributed by atoms with Gasteiger partial charge in [0.05, 0.1) is 60.4 Å². The number of carbonyl (C=O) groups is 4. The highest BCUT2D eigenvalue weighted by Gasteiger charge is 2.45. The van der Waals surface area contributed by atoms with Crippen molar-refractivity contribution in [3.63, 3.8) is 0 Å². The van der Waals surface area contributed by atoms with Gasteiger partial charge in [0.25, 0.3) is 46.4 Å². The van der Waals surface area contributed by atoms with Crippen LogP contribution in [0.5, 0.6) is 5.75 Å². The van der Waals surface area contributed by atoms with Gasteiger partial charge in [-0.15, -0.1) is 5.10 Å². The summed E-state index contributed by atoms with van der Waals surface area (Å²) < 4.78 is 218. The molecule has 16 rings (SSSR count). The molecule has 1 aromatic heterocycles. The van der Waals surface area contributed by atoms with E-state index in [2.05, 4.69) is 25.8 Å². The second-order valence-electron chi connectivity index (χ2n) is 35.9. The monoisotopic (exact) mass is 1960 g/mol. The number of Topliss-reactive ketones (excluding diaryl/α,β-unsaturated/α-hetero) is 2. The van der Waals surface area contributed by atoms with Crippen LogP contribution in [0.15, 0.2) is 241 Å². The van der Waals surface area contributed by atoms with Crippen LogP contribution in [0.4, 0.5) is 37.2 Å². The average molecular weight is 1970 g/mol. The third-order valence-corrected chi connectivity index (χ3v) is 31.6.